The van der Waals surface area contributed by atoms with Gasteiger partial charge in [-0.3, -0.25) is 4.79 Å². The quantitative estimate of drug-likeness (QED) is 0.868. The first-order valence-corrected chi connectivity index (χ1v) is 8.36. The van der Waals surface area contributed by atoms with Gasteiger partial charge in [0.25, 0.3) is 5.91 Å². The molecule has 0 atom stereocenters. The first-order chi connectivity index (χ1) is 11.1. The second kappa shape index (κ2) is 7.20. The number of carbonyl (C=O) groups is 1. The van der Waals surface area contributed by atoms with Crippen LogP contribution < -0.4 is 5.32 Å². The molecule has 23 heavy (non-hydrogen) atoms. The summed E-state index contributed by atoms with van der Waals surface area (Å²) in [5, 5.41) is 4.24. The summed E-state index contributed by atoms with van der Waals surface area (Å²) in [4.78, 5) is 18.7. The lowest BCUT2D eigenvalue weighted by Crippen LogP contribution is -2.35. The number of likely N-dealkylation sites (tertiary alicyclic amines) is 1. The molecule has 6 heteroatoms. The van der Waals surface area contributed by atoms with Gasteiger partial charge >= 0.3 is 0 Å². The van der Waals surface area contributed by atoms with Gasteiger partial charge < -0.3 is 10.2 Å². The number of nitrogens with zero attached hydrogens (tertiary/aromatic N) is 2. The van der Waals surface area contributed by atoms with Crippen LogP contribution in [0.15, 0.2) is 36.5 Å². The normalized spacial score (nSPS) is 14.6. The molecule has 0 bridgehead atoms. The maximum atomic E-state index is 12.5. The number of nitrogens with one attached hydrogen (secondary N) is 1. The summed E-state index contributed by atoms with van der Waals surface area (Å²) in [7, 11) is 0. The van der Waals surface area contributed by atoms with Gasteiger partial charge in [0.2, 0.25) is 0 Å². The minimum absolute atomic E-state index is 0.0485. The standard InChI is InChI=1S/C17H17Cl2N3O/c18-13-4-5-14(19)15(11-13)21-16-10-12(6-7-20-16)17(23)22-8-2-1-3-9-22/h4-7,10-11H,1-3,8-9H2,(H,20,21). The van der Waals surface area contributed by atoms with E-state index >= 15 is 0 Å². The van der Waals surface area contributed by atoms with Crippen LogP contribution in [0, 0.1) is 0 Å². The zero-order valence-electron chi connectivity index (χ0n) is 12.6. The number of benzene rings is 1. The monoisotopic (exact) mass is 349 g/mol. The van der Waals surface area contributed by atoms with E-state index in [0.29, 0.717) is 27.1 Å². The van der Waals surface area contributed by atoms with Crippen molar-refractivity contribution in [1.29, 1.82) is 0 Å². The molecule has 2 aromatic rings. The molecule has 1 aromatic carbocycles. The number of piperidine rings is 1. The van der Waals surface area contributed by atoms with Gasteiger partial charge in [-0.05, 0) is 49.6 Å². The van der Waals surface area contributed by atoms with E-state index < -0.39 is 0 Å². The van der Waals surface area contributed by atoms with Gasteiger partial charge in [-0.2, -0.15) is 0 Å². The number of pyridine rings is 1. The van der Waals surface area contributed by atoms with E-state index in [9.17, 15) is 4.79 Å². The Morgan fingerprint density at radius 1 is 1.09 bits per heavy atom. The molecule has 120 valence electrons. The lowest BCUT2D eigenvalue weighted by Gasteiger charge is -2.26. The molecule has 0 unspecified atom stereocenters. The van der Waals surface area contributed by atoms with Crippen LogP contribution in [0.4, 0.5) is 11.5 Å². The Bertz CT molecular complexity index is 715. The van der Waals surface area contributed by atoms with Crippen molar-refractivity contribution in [3.05, 3.63) is 52.1 Å². The number of halogens is 2. The maximum Gasteiger partial charge on any atom is 0.254 e. The molecule has 0 saturated carbocycles. The van der Waals surface area contributed by atoms with Gasteiger partial charge in [0.05, 0.1) is 10.7 Å². The second-order valence-electron chi connectivity index (χ2n) is 5.53. The summed E-state index contributed by atoms with van der Waals surface area (Å²) >= 11 is 12.1. The van der Waals surface area contributed by atoms with E-state index in [1.165, 1.54) is 6.42 Å². The molecule has 0 radical (unpaired) electrons. The minimum atomic E-state index is 0.0485. The molecule has 4 nitrogen and oxygen atoms in total. The molecule has 1 saturated heterocycles. The van der Waals surface area contributed by atoms with Crippen LogP contribution in [0.25, 0.3) is 0 Å². The van der Waals surface area contributed by atoms with Crippen molar-refractivity contribution in [3.8, 4) is 0 Å². The SMILES string of the molecule is O=C(c1ccnc(Nc2cc(Cl)ccc2Cl)c1)N1CCCCC1. The molecule has 3 rings (SSSR count). The fourth-order valence-electron chi connectivity index (χ4n) is 2.64. The summed E-state index contributed by atoms with van der Waals surface area (Å²) in [6, 6.07) is 8.65. The van der Waals surface area contributed by atoms with E-state index in [0.717, 1.165) is 25.9 Å². The number of aromatic nitrogens is 1. The molecule has 0 spiro atoms. The van der Waals surface area contributed by atoms with E-state index in [-0.39, 0.29) is 5.91 Å². The number of rotatable bonds is 3. The average molecular weight is 350 g/mol. The first-order valence-electron chi connectivity index (χ1n) is 7.61. The number of hydrogen-bond acceptors (Lipinski definition) is 3. The smallest absolute Gasteiger partial charge is 0.254 e. The molecular formula is C17H17Cl2N3O. The predicted octanol–water partition coefficient (Wildman–Crippen LogP) is 4.76. The number of carbonyl (C=O) groups excluding carboxylic acids is 1. The molecular weight excluding hydrogens is 333 g/mol. The third kappa shape index (κ3) is 3.95. The number of hydrogen-bond donors (Lipinski definition) is 1. The molecule has 1 aliphatic heterocycles. The Balaban J connectivity index is 1.79. The van der Waals surface area contributed by atoms with Gasteiger partial charge in [-0.1, -0.05) is 23.2 Å². The second-order valence-corrected chi connectivity index (χ2v) is 6.38. The van der Waals surface area contributed by atoms with Gasteiger partial charge in [-0.15, -0.1) is 0 Å². The molecule has 0 aliphatic carbocycles. The fourth-order valence-corrected chi connectivity index (χ4v) is 2.98. The highest BCUT2D eigenvalue weighted by Crippen LogP contribution is 2.28. The maximum absolute atomic E-state index is 12.5. The Kier molecular flexibility index (Phi) is 5.03. The van der Waals surface area contributed by atoms with Crippen LogP contribution in [0.5, 0.6) is 0 Å². The van der Waals surface area contributed by atoms with E-state index in [1.807, 2.05) is 4.90 Å². The molecule has 1 amide bonds. The van der Waals surface area contributed by atoms with E-state index in [1.54, 1.807) is 36.5 Å². The zero-order chi connectivity index (χ0) is 16.2. The highest BCUT2D eigenvalue weighted by molar-refractivity contribution is 6.35. The van der Waals surface area contributed by atoms with Gasteiger partial charge in [0.15, 0.2) is 0 Å². The minimum Gasteiger partial charge on any atom is -0.339 e. The summed E-state index contributed by atoms with van der Waals surface area (Å²) < 4.78 is 0. The average Bonchev–Trinajstić information content (AvgIpc) is 2.58. The Labute approximate surface area is 145 Å². The van der Waals surface area contributed by atoms with E-state index in [4.69, 9.17) is 23.2 Å². The van der Waals surface area contributed by atoms with Crippen LogP contribution in [-0.4, -0.2) is 28.9 Å². The fraction of sp³-hybridized carbons (Fsp3) is 0.294. The van der Waals surface area contributed by atoms with Crippen molar-refractivity contribution in [1.82, 2.24) is 9.88 Å². The van der Waals surface area contributed by atoms with Crippen LogP contribution in [0.2, 0.25) is 10.0 Å². The highest BCUT2D eigenvalue weighted by Gasteiger charge is 2.18. The van der Waals surface area contributed by atoms with Gasteiger partial charge in [0.1, 0.15) is 5.82 Å². The van der Waals surface area contributed by atoms with E-state index in [2.05, 4.69) is 10.3 Å². The first kappa shape index (κ1) is 16.1. The Hall–Kier alpha value is -1.78. The highest BCUT2D eigenvalue weighted by atomic mass is 35.5. The summed E-state index contributed by atoms with van der Waals surface area (Å²) in [6.07, 6.45) is 4.96. The van der Waals surface area contributed by atoms with Crippen molar-refractivity contribution in [2.24, 2.45) is 0 Å². The molecule has 1 aliphatic rings. The summed E-state index contributed by atoms with van der Waals surface area (Å²) in [6.45, 7) is 1.65. The Morgan fingerprint density at radius 3 is 2.65 bits per heavy atom. The van der Waals surface area contributed by atoms with Crippen molar-refractivity contribution >= 4 is 40.6 Å². The third-order valence-electron chi connectivity index (χ3n) is 3.84. The molecule has 1 fully saturated rings. The van der Waals surface area contributed by atoms with Crippen molar-refractivity contribution in [2.75, 3.05) is 18.4 Å². The summed E-state index contributed by atoms with van der Waals surface area (Å²) in [5.41, 5.74) is 1.29. The lowest BCUT2D eigenvalue weighted by molar-refractivity contribution is 0.0724. The topological polar surface area (TPSA) is 45.2 Å². The molecule has 1 aromatic heterocycles. The van der Waals surface area contributed by atoms with Crippen LogP contribution >= 0.6 is 23.2 Å². The van der Waals surface area contributed by atoms with Gasteiger partial charge in [-0.25, -0.2) is 4.98 Å². The molecule has 1 N–H and O–H groups in total. The van der Waals surface area contributed by atoms with Crippen LogP contribution in [0.1, 0.15) is 29.6 Å². The van der Waals surface area contributed by atoms with Crippen LogP contribution in [-0.2, 0) is 0 Å². The Morgan fingerprint density at radius 2 is 1.87 bits per heavy atom. The number of anilines is 2. The number of amides is 1. The zero-order valence-corrected chi connectivity index (χ0v) is 14.1. The van der Waals surface area contributed by atoms with Crippen LogP contribution in [0.3, 0.4) is 0 Å². The van der Waals surface area contributed by atoms with Crippen molar-refractivity contribution < 1.29 is 4.79 Å². The molecule has 2 heterocycles. The summed E-state index contributed by atoms with van der Waals surface area (Å²) in [5.74, 6) is 0.615. The third-order valence-corrected chi connectivity index (χ3v) is 4.41. The predicted molar refractivity (Wildman–Crippen MR) is 93.7 cm³/mol. The lowest BCUT2D eigenvalue weighted by atomic mass is 10.1. The van der Waals surface area contributed by atoms with Crippen molar-refractivity contribution in [2.45, 2.75) is 19.3 Å². The largest absolute Gasteiger partial charge is 0.339 e. The van der Waals surface area contributed by atoms with Gasteiger partial charge in [0, 0.05) is 29.9 Å². The van der Waals surface area contributed by atoms with Crippen molar-refractivity contribution in [3.63, 3.8) is 0 Å².